The fourth-order valence-corrected chi connectivity index (χ4v) is 3.44. The van der Waals surface area contributed by atoms with Crippen molar-refractivity contribution in [1.82, 2.24) is 4.98 Å². The minimum Gasteiger partial charge on any atom is -0.483 e. The minimum atomic E-state index is -0.237. The average molecular weight is 383 g/mol. The molecule has 0 spiro atoms. The fraction of sp³-hybridized carbons (Fsp3) is 0.250. The van der Waals surface area contributed by atoms with Crippen LogP contribution < -0.4 is 15.4 Å². The van der Waals surface area contributed by atoms with Crippen LogP contribution in [0.3, 0.4) is 0 Å². The highest BCUT2D eigenvalue weighted by molar-refractivity contribution is 7.22. The maximum atomic E-state index is 12.2. The Hall–Kier alpha value is -2.93. The highest BCUT2D eigenvalue weighted by Crippen LogP contribution is 2.28. The van der Waals surface area contributed by atoms with Crippen molar-refractivity contribution >= 4 is 44.2 Å². The summed E-state index contributed by atoms with van der Waals surface area (Å²) in [7, 11) is 0. The first-order chi connectivity index (χ1) is 13.0. The Balaban J connectivity index is 1.62. The van der Waals surface area contributed by atoms with E-state index in [4.69, 9.17) is 4.74 Å². The van der Waals surface area contributed by atoms with Crippen molar-refractivity contribution in [2.24, 2.45) is 0 Å². The first-order valence-electron chi connectivity index (χ1n) is 8.74. The predicted molar refractivity (Wildman–Crippen MR) is 108 cm³/mol. The molecule has 0 saturated heterocycles. The van der Waals surface area contributed by atoms with Gasteiger partial charge in [-0.1, -0.05) is 36.5 Å². The Kier molecular flexibility index (Phi) is 6.03. The van der Waals surface area contributed by atoms with Crippen LogP contribution in [0.5, 0.6) is 5.75 Å². The van der Waals surface area contributed by atoms with Gasteiger partial charge in [0, 0.05) is 12.1 Å². The number of carbonyl (C=O) groups excluding carboxylic acids is 2. The molecule has 0 aliphatic rings. The lowest BCUT2D eigenvalue weighted by Crippen LogP contribution is -2.20. The van der Waals surface area contributed by atoms with Crippen LogP contribution in [0.1, 0.15) is 25.3 Å². The predicted octanol–water partition coefficient (Wildman–Crippen LogP) is 4.36. The normalized spacial score (nSPS) is 10.6. The number of ether oxygens (including phenoxy) is 1. The molecule has 2 amide bonds. The average Bonchev–Trinajstić information content (AvgIpc) is 3.02. The summed E-state index contributed by atoms with van der Waals surface area (Å²) in [6, 6.07) is 13.0. The molecule has 3 rings (SSSR count). The standard InChI is InChI=1S/C20H21N3O3S/c1-3-6-18(24)23-20-22-15-10-9-14(11-17(15)27-20)21-19(25)12-26-16-8-5-4-7-13(16)2/h4-5,7-11H,3,6,12H2,1-2H3,(H,21,25)(H,22,23,24). The van der Waals surface area contributed by atoms with Gasteiger partial charge < -0.3 is 15.4 Å². The molecule has 0 atom stereocenters. The van der Waals surface area contributed by atoms with E-state index in [1.54, 1.807) is 6.07 Å². The first-order valence-corrected chi connectivity index (χ1v) is 9.55. The summed E-state index contributed by atoms with van der Waals surface area (Å²) in [6.07, 6.45) is 1.26. The largest absolute Gasteiger partial charge is 0.483 e. The molecule has 0 aliphatic carbocycles. The Morgan fingerprint density at radius 1 is 1.11 bits per heavy atom. The molecule has 0 radical (unpaired) electrons. The number of nitrogens with zero attached hydrogens (tertiary/aromatic N) is 1. The van der Waals surface area contributed by atoms with Crippen LogP contribution in [0.25, 0.3) is 10.2 Å². The van der Waals surface area contributed by atoms with E-state index in [0.29, 0.717) is 23.0 Å². The van der Waals surface area contributed by atoms with Crippen molar-refractivity contribution in [2.45, 2.75) is 26.7 Å². The third kappa shape index (κ3) is 5.04. The van der Waals surface area contributed by atoms with Gasteiger partial charge in [0.15, 0.2) is 11.7 Å². The van der Waals surface area contributed by atoms with E-state index in [2.05, 4.69) is 15.6 Å². The molecule has 0 unspecified atom stereocenters. The Morgan fingerprint density at radius 3 is 2.70 bits per heavy atom. The lowest BCUT2D eigenvalue weighted by Gasteiger charge is -2.09. The molecule has 140 valence electrons. The van der Waals surface area contributed by atoms with Crippen LogP contribution in [-0.2, 0) is 9.59 Å². The summed E-state index contributed by atoms with van der Waals surface area (Å²) in [5, 5.41) is 6.18. The molecule has 7 heteroatoms. The third-order valence-corrected chi connectivity index (χ3v) is 4.78. The lowest BCUT2D eigenvalue weighted by molar-refractivity contribution is -0.118. The second kappa shape index (κ2) is 8.64. The second-order valence-electron chi connectivity index (χ2n) is 6.10. The van der Waals surface area contributed by atoms with E-state index >= 15 is 0 Å². The summed E-state index contributed by atoms with van der Waals surface area (Å²) in [6.45, 7) is 3.82. The highest BCUT2D eigenvalue weighted by atomic mass is 32.1. The summed E-state index contributed by atoms with van der Waals surface area (Å²) in [5.41, 5.74) is 2.42. The molecule has 0 bridgehead atoms. The number of fused-ring (bicyclic) bond motifs is 1. The van der Waals surface area contributed by atoms with E-state index < -0.39 is 0 Å². The molecule has 0 saturated carbocycles. The fourth-order valence-electron chi connectivity index (χ4n) is 2.52. The van der Waals surface area contributed by atoms with E-state index in [0.717, 1.165) is 22.2 Å². The number of nitrogens with one attached hydrogen (secondary N) is 2. The number of aryl methyl sites for hydroxylation is 1. The number of para-hydroxylation sites is 1. The number of amides is 2. The number of benzene rings is 2. The number of rotatable bonds is 7. The van der Waals surface area contributed by atoms with E-state index in [1.807, 2.05) is 50.2 Å². The van der Waals surface area contributed by atoms with Crippen LogP contribution in [0, 0.1) is 6.92 Å². The zero-order valence-corrected chi connectivity index (χ0v) is 16.1. The van der Waals surface area contributed by atoms with Gasteiger partial charge in [-0.3, -0.25) is 9.59 Å². The zero-order valence-electron chi connectivity index (χ0n) is 15.2. The number of aromatic nitrogens is 1. The van der Waals surface area contributed by atoms with Gasteiger partial charge in [-0.15, -0.1) is 0 Å². The summed E-state index contributed by atoms with van der Waals surface area (Å²) in [5.74, 6) is 0.412. The van der Waals surface area contributed by atoms with Gasteiger partial charge in [0.05, 0.1) is 10.2 Å². The molecule has 2 aromatic carbocycles. The molecular weight excluding hydrogens is 362 g/mol. The zero-order chi connectivity index (χ0) is 19.2. The summed E-state index contributed by atoms with van der Waals surface area (Å²) >= 11 is 1.38. The first kappa shape index (κ1) is 18.8. The smallest absolute Gasteiger partial charge is 0.262 e. The SMILES string of the molecule is CCCC(=O)Nc1nc2ccc(NC(=O)COc3ccccc3C)cc2s1. The lowest BCUT2D eigenvalue weighted by atomic mass is 10.2. The van der Waals surface area contributed by atoms with E-state index in [1.165, 1.54) is 11.3 Å². The van der Waals surface area contributed by atoms with Crippen LogP contribution in [-0.4, -0.2) is 23.4 Å². The molecule has 0 fully saturated rings. The van der Waals surface area contributed by atoms with Crippen molar-refractivity contribution in [3.05, 3.63) is 48.0 Å². The van der Waals surface area contributed by atoms with Crippen LogP contribution in [0.15, 0.2) is 42.5 Å². The Bertz CT molecular complexity index is 968. The molecule has 1 aromatic heterocycles. The topological polar surface area (TPSA) is 80.3 Å². The van der Waals surface area contributed by atoms with Crippen molar-refractivity contribution < 1.29 is 14.3 Å². The number of anilines is 2. The molecule has 3 aromatic rings. The van der Waals surface area contributed by atoms with Gasteiger partial charge in [0.2, 0.25) is 5.91 Å². The number of carbonyl (C=O) groups is 2. The van der Waals surface area contributed by atoms with Crippen molar-refractivity contribution in [2.75, 3.05) is 17.2 Å². The molecule has 27 heavy (non-hydrogen) atoms. The van der Waals surface area contributed by atoms with Gasteiger partial charge in [0.1, 0.15) is 5.75 Å². The molecule has 6 nitrogen and oxygen atoms in total. The third-order valence-electron chi connectivity index (χ3n) is 3.85. The van der Waals surface area contributed by atoms with Gasteiger partial charge in [0.25, 0.3) is 5.91 Å². The Labute approximate surface area is 161 Å². The number of hydrogen-bond donors (Lipinski definition) is 2. The molecular formula is C20H21N3O3S. The monoisotopic (exact) mass is 383 g/mol. The van der Waals surface area contributed by atoms with Crippen molar-refractivity contribution in [1.29, 1.82) is 0 Å². The highest BCUT2D eigenvalue weighted by Gasteiger charge is 2.10. The van der Waals surface area contributed by atoms with E-state index in [9.17, 15) is 9.59 Å². The number of thiazole rings is 1. The maximum Gasteiger partial charge on any atom is 0.262 e. The van der Waals surface area contributed by atoms with Gasteiger partial charge in [-0.2, -0.15) is 0 Å². The van der Waals surface area contributed by atoms with Crippen LogP contribution in [0.2, 0.25) is 0 Å². The quantitative estimate of drug-likeness (QED) is 0.635. The summed E-state index contributed by atoms with van der Waals surface area (Å²) < 4.78 is 6.45. The Morgan fingerprint density at radius 2 is 1.93 bits per heavy atom. The maximum absolute atomic E-state index is 12.2. The van der Waals surface area contributed by atoms with E-state index in [-0.39, 0.29) is 18.4 Å². The van der Waals surface area contributed by atoms with Crippen molar-refractivity contribution in [3.8, 4) is 5.75 Å². The second-order valence-corrected chi connectivity index (χ2v) is 7.13. The van der Waals surface area contributed by atoms with Crippen LogP contribution in [0.4, 0.5) is 10.8 Å². The van der Waals surface area contributed by atoms with Gasteiger partial charge >= 0.3 is 0 Å². The van der Waals surface area contributed by atoms with Gasteiger partial charge in [-0.05, 0) is 43.2 Å². The van der Waals surface area contributed by atoms with Crippen LogP contribution >= 0.6 is 11.3 Å². The van der Waals surface area contributed by atoms with Crippen molar-refractivity contribution in [3.63, 3.8) is 0 Å². The summed E-state index contributed by atoms with van der Waals surface area (Å²) in [4.78, 5) is 28.2. The molecule has 0 aliphatic heterocycles. The molecule has 1 heterocycles. The molecule has 2 N–H and O–H groups in total. The van der Waals surface area contributed by atoms with Gasteiger partial charge in [-0.25, -0.2) is 4.98 Å². The minimum absolute atomic E-state index is 0.0431. The number of hydrogen-bond acceptors (Lipinski definition) is 5.